The summed E-state index contributed by atoms with van der Waals surface area (Å²) in [5.74, 6) is 1.28. The minimum Gasteiger partial charge on any atom is -0.497 e. The van der Waals surface area contributed by atoms with Crippen molar-refractivity contribution in [3.8, 4) is 28.6 Å². The van der Waals surface area contributed by atoms with Gasteiger partial charge in [-0.05, 0) is 56.3 Å². The molecule has 0 atom stereocenters. The number of amides is 2. The van der Waals surface area contributed by atoms with Crippen LogP contribution >= 0.6 is 0 Å². The minimum absolute atomic E-state index is 0.180. The Kier molecular flexibility index (Phi) is 7.90. The molecule has 0 aliphatic carbocycles. The van der Waals surface area contributed by atoms with Gasteiger partial charge < -0.3 is 24.4 Å². The third-order valence-corrected chi connectivity index (χ3v) is 4.85. The van der Waals surface area contributed by atoms with Gasteiger partial charge in [0, 0.05) is 22.9 Å². The van der Waals surface area contributed by atoms with Gasteiger partial charge in [-0.2, -0.15) is 4.80 Å². The number of benzene rings is 2. The van der Waals surface area contributed by atoms with Crippen LogP contribution in [0.5, 0.6) is 17.2 Å². The van der Waals surface area contributed by atoms with Gasteiger partial charge in [-0.3, -0.25) is 9.59 Å². The molecule has 0 saturated carbocycles. The van der Waals surface area contributed by atoms with Gasteiger partial charge >= 0.3 is 0 Å². The van der Waals surface area contributed by atoms with Crippen LogP contribution in [-0.2, 0) is 16.1 Å². The number of aromatic nitrogens is 4. The summed E-state index contributed by atoms with van der Waals surface area (Å²) >= 11 is 0. The summed E-state index contributed by atoms with van der Waals surface area (Å²) in [5.41, 5.74) is 0.719. The van der Waals surface area contributed by atoms with Gasteiger partial charge in [0.2, 0.25) is 11.7 Å². The second kappa shape index (κ2) is 10.9. The van der Waals surface area contributed by atoms with Gasteiger partial charge in [0.15, 0.2) is 11.5 Å². The van der Waals surface area contributed by atoms with Crippen LogP contribution in [-0.4, -0.2) is 65.4 Å². The van der Waals surface area contributed by atoms with E-state index >= 15 is 0 Å². The van der Waals surface area contributed by atoms with Crippen LogP contribution in [0.1, 0.15) is 20.8 Å². The third-order valence-electron chi connectivity index (χ3n) is 4.85. The van der Waals surface area contributed by atoms with Gasteiger partial charge in [-0.1, -0.05) is 6.07 Å². The average Bonchev–Trinajstić information content (AvgIpc) is 3.29. The molecule has 0 spiro atoms. The van der Waals surface area contributed by atoms with Crippen molar-refractivity contribution in [2.75, 3.05) is 32.8 Å². The maximum Gasteiger partial charge on any atom is 0.251 e. The first kappa shape index (κ1) is 25.5. The van der Waals surface area contributed by atoms with Crippen LogP contribution in [0.15, 0.2) is 42.5 Å². The Balaban J connectivity index is 1.83. The largest absolute Gasteiger partial charge is 0.497 e. The minimum atomic E-state index is -0.442. The molecule has 3 rings (SSSR count). The topological polar surface area (TPSA) is 121 Å². The third kappa shape index (κ3) is 6.69. The first-order valence-corrected chi connectivity index (χ1v) is 10.9. The van der Waals surface area contributed by atoms with Crippen molar-refractivity contribution < 1.29 is 23.8 Å². The highest BCUT2D eigenvalue weighted by Gasteiger charge is 2.23. The molecule has 0 radical (unpaired) electrons. The zero-order chi connectivity index (χ0) is 25.6. The van der Waals surface area contributed by atoms with Gasteiger partial charge in [-0.15, -0.1) is 10.2 Å². The molecule has 186 valence electrons. The maximum absolute atomic E-state index is 13.3. The van der Waals surface area contributed by atoms with Crippen molar-refractivity contribution in [3.63, 3.8) is 0 Å². The van der Waals surface area contributed by atoms with Crippen LogP contribution in [0.2, 0.25) is 0 Å². The van der Waals surface area contributed by atoms with Crippen molar-refractivity contribution >= 4 is 17.5 Å². The summed E-state index contributed by atoms with van der Waals surface area (Å²) in [6.45, 7) is 5.22. The molecular weight excluding hydrogens is 452 g/mol. The Morgan fingerprint density at radius 2 is 1.74 bits per heavy atom. The van der Waals surface area contributed by atoms with E-state index in [1.54, 1.807) is 49.6 Å². The zero-order valence-corrected chi connectivity index (χ0v) is 20.7. The first-order valence-electron chi connectivity index (χ1n) is 10.9. The fourth-order valence-corrected chi connectivity index (χ4v) is 3.31. The second-order valence-electron chi connectivity index (χ2n) is 8.69. The number of hydrogen-bond acceptors (Lipinski definition) is 8. The van der Waals surface area contributed by atoms with E-state index in [0.717, 1.165) is 0 Å². The predicted octanol–water partition coefficient (Wildman–Crippen LogP) is 2.31. The molecule has 0 fully saturated rings. The number of nitrogens with zero attached hydrogens (tertiary/aromatic N) is 5. The lowest BCUT2D eigenvalue weighted by atomic mass is 10.1. The molecule has 0 aliphatic heterocycles. The lowest BCUT2D eigenvalue weighted by Gasteiger charge is -2.26. The van der Waals surface area contributed by atoms with Crippen molar-refractivity contribution in [1.29, 1.82) is 0 Å². The number of anilines is 1. The van der Waals surface area contributed by atoms with E-state index < -0.39 is 11.4 Å². The fraction of sp³-hybridized carbons (Fsp3) is 0.375. The molecule has 11 nitrogen and oxygen atoms in total. The Hall–Kier alpha value is -4.15. The molecule has 0 aliphatic rings. The number of methoxy groups -OCH3 is 3. The monoisotopic (exact) mass is 482 g/mol. The summed E-state index contributed by atoms with van der Waals surface area (Å²) in [6, 6.07) is 12.2. The van der Waals surface area contributed by atoms with Crippen molar-refractivity contribution in [1.82, 2.24) is 25.5 Å². The molecule has 1 aromatic heterocycles. The number of tetrazole rings is 1. The standard InChI is InChI=1S/C24H30N6O5/c1-24(2,3)25-21(31)14-29(17-8-7-9-18(13-17)33-4)22(32)15-30-27-23(26-28-30)16-10-11-19(34-5)20(12-16)35-6/h7-13H,14-15H2,1-6H3,(H,25,31). The predicted molar refractivity (Wildman–Crippen MR) is 130 cm³/mol. The highest BCUT2D eigenvalue weighted by molar-refractivity contribution is 5.98. The zero-order valence-electron chi connectivity index (χ0n) is 20.7. The molecule has 2 amide bonds. The van der Waals surface area contributed by atoms with Gasteiger partial charge in [0.05, 0.1) is 21.3 Å². The lowest BCUT2D eigenvalue weighted by Crippen LogP contribution is -2.48. The summed E-state index contributed by atoms with van der Waals surface area (Å²) < 4.78 is 15.9. The summed E-state index contributed by atoms with van der Waals surface area (Å²) in [4.78, 5) is 28.5. The van der Waals surface area contributed by atoms with E-state index in [4.69, 9.17) is 14.2 Å². The average molecular weight is 483 g/mol. The molecule has 0 unspecified atom stereocenters. The highest BCUT2D eigenvalue weighted by atomic mass is 16.5. The van der Waals surface area contributed by atoms with E-state index in [-0.39, 0.29) is 19.0 Å². The molecule has 1 heterocycles. The molecule has 11 heteroatoms. The Morgan fingerprint density at radius 3 is 2.40 bits per heavy atom. The van der Waals surface area contributed by atoms with Crippen LogP contribution in [0.3, 0.4) is 0 Å². The van der Waals surface area contributed by atoms with E-state index in [1.165, 1.54) is 23.9 Å². The quantitative estimate of drug-likeness (QED) is 0.493. The maximum atomic E-state index is 13.3. The Bertz CT molecular complexity index is 1190. The molecular formula is C24H30N6O5. The van der Waals surface area contributed by atoms with E-state index in [0.29, 0.717) is 34.3 Å². The van der Waals surface area contributed by atoms with Crippen LogP contribution in [0, 0.1) is 0 Å². The van der Waals surface area contributed by atoms with E-state index in [1.807, 2.05) is 20.8 Å². The summed E-state index contributed by atoms with van der Waals surface area (Å²) in [6.07, 6.45) is 0. The van der Waals surface area contributed by atoms with Gasteiger partial charge in [0.1, 0.15) is 18.8 Å². The van der Waals surface area contributed by atoms with E-state index in [2.05, 4.69) is 20.7 Å². The van der Waals surface area contributed by atoms with Gasteiger partial charge in [-0.25, -0.2) is 0 Å². The molecule has 0 saturated heterocycles. The van der Waals surface area contributed by atoms with Crippen molar-refractivity contribution in [2.24, 2.45) is 0 Å². The number of ether oxygens (including phenoxy) is 3. The fourth-order valence-electron chi connectivity index (χ4n) is 3.31. The van der Waals surface area contributed by atoms with Gasteiger partial charge in [0.25, 0.3) is 5.91 Å². The molecule has 1 N–H and O–H groups in total. The number of carbonyl (C=O) groups is 2. The summed E-state index contributed by atoms with van der Waals surface area (Å²) in [7, 11) is 4.62. The molecule has 35 heavy (non-hydrogen) atoms. The molecule has 3 aromatic rings. The first-order chi connectivity index (χ1) is 16.6. The summed E-state index contributed by atoms with van der Waals surface area (Å²) in [5, 5.41) is 15.3. The SMILES string of the molecule is COc1cccc(N(CC(=O)NC(C)(C)C)C(=O)Cn2nnc(-c3ccc(OC)c(OC)c3)n2)c1. The molecule has 0 bridgehead atoms. The number of carbonyl (C=O) groups excluding carboxylic acids is 2. The Morgan fingerprint density at radius 1 is 1.00 bits per heavy atom. The molecule has 2 aromatic carbocycles. The van der Waals surface area contributed by atoms with Crippen LogP contribution in [0.25, 0.3) is 11.4 Å². The van der Waals surface area contributed by atoms with Crippen LogP contribution < -0.4 is 24.4 Å². The second-order valence-corrected chi connectivity index (χ2v) is 8.69. The van der Waals surface area contributed by atoms with Crippen molar-refractivity contribution in [3.05, 3.63) is 42.5 Å². The normalized spacial score (nSPS) is 11.0. The van der Waals surface area contributed by atoms with Crippen molar-refractivity contribution in [2.45, 2.75) is 32.9 Å². The van der Waals surface area contributed by atoms with E-state index in [9.17, 15) is 9.59 Å². The lowest BCUT2D eigenvalue weighted by molar-refractivity contribution is -0.125. The smallest absolute Gasteiger partial charge is 0.251 e. The number of rotatable bonds is 9. The number of nitrogens with one attached hydrogen (secondary N) is 1. The van der Waals surface area contributed by atoms with Crippen LogP contribution in [0.4, 0.5) is 5.69 Å². The Labute approximate surface area is 204 Å². The highest BCUT2D eigenvalue weighted by Crippen LogP contribution is 2.30. The number of hydrogen-bond donors (Lipinski definition) is 1.